The van der Waals surface area contributed by atoms with Crippen LogP contribution < -0.4 is 5.32 Å². The lowest BCUT2D eigenvalue weighted by Gasteiger charge is -2.25. The van der Waals surface area contributed by atoms with E-state index in [2.05, 4.69) is 20.4 Å². The van der Waals surface area contributed by atoms with Gasteiger partial charge in [0.2, 0.25) is 0 Å². The van der Waals surface area contributed by atoms with Crippen LogP contribution in [0.25, 0.3) is 11.0 Å². The Balaban J connectivity index is 1.78. The number of carbonyl (C=O) groups is 1. The molecular weight excluding hydrogens is 304 g/mol. The first-order valence-corrected chi connectivity index (χ1v) is 7.70. The second-order valence-corrected chi connectivity index (χ2v) is 5.81. The van der Waals surface area contributed by atoms with Crippen molar-refractivity contribution in [1.82, 2.24) is 24.6 Å². The summed E-state index contributed by atoms with van der Waals surface area (Å²) in [4.78, 5) is 22.6. The lowest BCUT2D eigenvalue weighted by atomic mass is 10.1. The van der Waals surface area contributed by atoms with E-state index in [1.165, 1.54) is 0 Å². The number of hydrogen-bond acceptors (Lipinski definition) is 4. The number of aryl methyl sites for hydroxylation is 2. The second kappa shape index (κ2) is 6.27. The van der Waals surface area contributed by atoms with Crippen LogP contribution >= 0.6 is 0 Å². The quantitative estimate of drug-likeness (QED) is 0.804. The van der Waals surface area contributed by atoms with Gasteiger partial charge in [-0.2, -0.15) is 5.10 Å². The van der Waals surface area contributed by atoms with Gasteiger partial charge >= 0.3 is 6.03 Å². The van der Waals surface area contributed by atoms with Crippen LogP contribution in [0.15, 0.2) is 36.8 Å². The molecule has 0 aliphatic carbocycles. The lowest BCUT2D eigenvalue weighted by molar-refractivity contribution is 0.208. The first-order chi connectivity index (χ1) is 11.5. The maximum atomic E-state index is 12.5. The fraction of sp³-hybridized carbons (Fsp3) is 0.294. The standard InChI is InChI=1S/C17H20N6O/c1-11-15-8-14(10-19-16(15)23(4)21-11)20-17(24)22(3)12(2)13-6-5-7-18-9-13/h5-10,12H,1-4H3,(H,20,24). The minimum absolute atomic E-state index is 0.0875. The lowest BCUT2D eigenvalue weighted by Crippen LogP contribution is -2.33. The Morgan fingerprint density at radius 1 is 1.38 bits per heavy atom. The van der Waals surface area contributed by atoms with Gasteiger partial charge in [0.1, 0.15) is 0 Å². The molecule has 1 N–H and O–H groups in total. The molecule has 0 fully saturated rings. The molecular formula is C17H20N6O. The third kappa shape index (κ3) is 2.92. The van der Waals surface area contributed by atoms with Crippen LogP contribution in [-0.2, 0) is 7.05 Å². The zero-order valence-electron chi connectivity index (χ0n) is 14.2. The Labute approximate surface area is 140 Å². The molecule has 0 radical (unpaired) electrons. The molecule has 3 heterocycles. The van der Waals surface area contributed by atoms with Gasteiger partial charge < -0.3 is 10.2 Å². The minimum atomic E-state index is -0.200. The molecule has 1 atom stereocenters. The van der Waals surface area contributed by atoms with Gasteiger partial charge in [0.15, 0.2) is 5.65 Å². The number of rotatable bonds is 3. The summed E-state index contributed by atoms with van der Waals surface area (Å²) >= 11 is 0. The summed E-state index contributed by atoms with van der Waals surface area (Å²) in [5, 5.41) is 8.15. The molecule has 0 bridgehead atoms. The number of amides is 2. The number of carbonyl (C=O) groups excluding carboxylic acids is 1. The van der Waals surface area contributed by atoms with Crippen LogP contribution in [0.4, 0.5) is 10.5 Å². The van der Waals surface area contributed by atoms with Crippen LogP contribution in [0.5, 0.6) is 0 Å². The highest BCUT2D eigenvalue weighted by atomic mass is 16.2. The monoisotopic (exact) mass is 324 g/mol. The van der Waals surface area contributed by atoms with Crippen molar-refractivity contribution in [3.05, 3.63) is 48.0 Å². The zero-order chi connectivity index (χ0) is 17.3. The molecule has 0 aliphatic heterocycles. The van der Waals surface area contributed by atoms with Gasteiger partial charge in [-0.05, 0) is 31.5 Å². The number of pyridine rings is 2. The summed E-state index contributed by atoms with van der Waals surface area (Å²) in [5.41, 5.74) is 3.30. The Hall–Kier alpha value is -2.96. The number of nitrogens with one attached hydrogen (secondary N) is 1. The third-order valence-electron chi connectivity index (χ3n) is 4.18. The summed E-state index contributed by atoms with van der Waals surface area (Å²) in [6.07, 6.45) is 5.12. The van der Waals surface area contributed by atoms with E-state index in [4.69, 9.17) is 0 Å². The maximum Gasteiger partial charge on any atom is 0.322 e. The van der Waals surface area contributed by atoms with Crippen molar-refractivity contribution >= 4 is 22.8 Å². The fourth-order valence-corrected chi connectivity index (χ4v) is 2.61. The number of anilines is 1. The summed E-state index contributed by atoms with van der Waals surface area (Å²) < 4.78 is 1.73. The van der Waals surface area contributed by atoms with Crippen molar-refractivity contribution in [1.29, 1.82) is 0 Å². The van der Waals surface area contributed by atoms with Crippen molar-refractivity contribution in [2.75, 3.05) is 12.4 Å². The number of fused-ring (bicyclic) bond motifs is 1. The molecule has 0 spiro atoms. The number of aromatic nitrogens is 4. The molecule has 0 aliphatic rings. The smallest absolute Gasteiger partial charge is 0.321 e. The molecule has 7 nitrogen and oxygen atoms in total. The van der Waals surface area contributed by atoms with Crippen LogP contribution in [0.2, 0.25) is 0 Å². The summed E-state index contributed by atoms with van der Waals surface area (Å²) in [6, 6.07) is 5.42. The molecule has 124 valence electrons. The molecule has 0 saturated carbocycles. The second-order valence-electron chi connectivity index (χ2n) is 5.81. The van der Waals surface area contributed by atoms with Gasteiger partial charge in [-0.3, -0.25) is 9.67 Å². The van der Waals surface area contributed by atoms with Gasteiger partial charge in [-0.1, -0.05) is 6.07 Å². The van der Waals surface area contributed by atoms with Crippen molar-refractivity contribution in [2.24, 2.45) is 7.05 Å². The molecule has 3 rings (SSSR count). The number of hydrogen-bond donors (Lipinski definition) is 1. The van der Waals surface area contributed by atoms with Crippen molar-refractivity contribution in [3.63, 3.8) is 0 Å². The molecule has 3 aromatic rings. The van der Waals surface area contributed by atoms with Crippen molar-refractivity contribution < 1.29 is 4.79 Å². The zero-order valence-corrected chi connectivity index (χ0v) is 14.2. The Bertz CT molecular complexity index is 873. The summed E-state index contributed by atoms with van der Waals surface area (Å²) in [7, 11) is 3.61. The SMILES string of the molecule is Cc1nn(C)c2ncc(NC(=O)N(C)C(C)c3cccnc3)cc12. The minimum Gasteiger partial charge on any atom is -0.321 e. The van der Waals surface area contributed by atoms with E-state index in [-0.39, 0.29) is 12.1 Å². The highest BCUT2D eigenvalue weighted by Crippen LogP contribution is 2.21. The highest BCUT2D eigenvalue weighted by Gasteiger charge is 2.18. The van der Waals surface area contributed by atoms with Gasteiger partial charge in [0.05, 0.1) is 23.6 Å². The van der Waals surface area contributed by atoms with E-state index < -0.39 is 0 Å². The number of urea groups is 1. The molecule has 0 saturated heterocycles. The van der Waals surface area contributed by atoms with Crippen LogP contribution in [0.1, 0.15) is 24.2 Å². The Morgan fingerprint density at radius 3 is 2.88 bits per heavy atom. The van der Waals surface area contributed by atoms with E-state index >= 15 is 0 Å². The fourth-order valence-electron chi connectivity index (χ4n) is 2.61. The van der Waals surface area contributed by atoms with E-state index in [0.717, 1.165) is 22.3 Å². The largest absolute Gasteiger partial charge is 0.322 e. The normalized spacial score (nSPS) is 12.2. The van der Waals surface area contributed by atoms with Crippen LogP contribution in [0.3, 0.4) is 0 Å². The summed E-state index contributed by atoms with van der Waals surface area (Å²) in [6.45, 7) is 3.88. The van der Waals surface area contributed by atoms with Gasteiger partial charge in [0, 0.05) is 31.9 Å². The molecule has 24 heavy (non-hydrogen) atoms. The molecule has 1 unspecified atom stereocenters. The topological polar surface area (TPSA) is 75.9 Å². The predicted molar refractivity (Wildman–Crippen MR) is 92.7 cm³/mol. The molecule has 0 aromatic carbocycles. The molecule has 7 heteroatoms. The van der Waals surface area contributed by atoms with E-state index in [0.29, 0.717) is 5.69 Å². The summed E-state index contributed by atoms with van der Waals surface area (Å²) in [5.74, 6) is 0. The third-order valence-corrected chi connectivity index (χ3v) is 4.18. The molecule has 3 aromatic heterocycles. The number of nitrogens with zero attached hydrogens (tertiary/aromatic N) is 5. The average Bonchev–Trinajstić information content (AvgIpc) is 2.88. The van der Waals surface area contributed by atoms with Gasteiger partial charge in [-0.15, -0.1) is 0 Å². The van der Waals surface area contributed by atoms with Crippen LogP contribution in [-0.4, -0.2) is 37.7 Å². The van der Waals surface area contributed by atoms with E-state index in [9.17, 15) is 4.79 Å². The predicted octanol–water partition coefficient (Wildman–Crippen LogP) is 2.90. The van der Waals surface area contributed by atoms with E-state index in [1.54, 1.807) is 35.2 Å². The highest BCUT2D eigenvalue weighted by molar-refractivity contribution is 5.92. The van der Waals surface area contributed by atoms with Gasteiger partial charge in [0.25, 0.3) is 0 Å². The first kappa shape index (κ1) is 15.9. The van der Waals surface area contributed by atoms with Crippen molar-refractivity contribution in [3.8, 4) is 0 Å². The maximum absolute atomic E-state index is 12.5. The molecule has 2 amide bonds. The first-order valence-electron chi connectivity index (χ1n) is 7.70. The van der Waals surface area contributed by atoms with Crippen molar-refractivity contribution in [2.45, 2.75) is 19.9 Å². The van der Waals surface area contributed by atoms with Crippen LogP contribution in [0, 0.1) is 6.92 Å². The Kier molecular flexibility index (Phi) is 4.16. The average molecular weight is 324 g/mol. The van der Waals surface area contributed by atoms with E-state index in [1.807, 2.05) is 39.1 Å². The van der Waals surface area contributed by atoms with Gasteiger partial charge in [-0.25, -0.2) is 9.78 Å². The Morgan fingerprint density at radius 2 is 2.17 bits per heavy atom.